The molecule has 2 aliphatic heterocycles. The van der Waals surface area contributed by atoms with Gasteiger partial charge in [0.15, 0.2) is 0 Å². The second kappa shape index (κ2) is 5.44. The van der Waals surface area contributed by atoms with Crippen LogP contribution in [0.25, 0.3) is 0 Å². The molecular formula is C14H20N2O3S. The number of rotatable bonds is 5. The first-order valence-electron chi connectivity index (χ1n) is 7.00. The van der Waals surface area contributed by atoms with Crippen molar-refractivity contribution in [3.63, 3.8) is 0 Å². The van der Waals surface area contributed by atoms with Crippen LogP contribution in [0.3, 0.4) is 0 Å². The molecule has 110 valence electrons. The average Bonchev–Trinajstić information content (AvgIpc) is 3.01. The van der Waals surface area contributed by atoms with Gasteiger partial charge in [-0.05, 0) is 37.9 Å². The van der Waals surface area contributed by atoms with Crippen LogP contribution in [-0.4, -0.2) is 33.7 Å². The second-order valence-electron chi connectivity index (χ2n) is 5.48. The van der Waals surface area contributed by atoms with Gasteiger partial charge in [-0.25, -0.2) is 13.1 Å². The smallest absolute Gasteiger partial charge is 0.241 e. The van der Waals surface area contributed by atoms with Crippen LogP contribution in [-0.2, 0) is 21.3 Å². The maximum absolute atomic E-state index is 12.6. The van der Waals surface area contributed by atoms with Gasteiger partial charge >= 0.3 is 0 Å². The highest BCUT2D eigenvalue weighted by atomic mass is 32.2. The van der Waals surface area contributed by atoms with Gasteiger partial charge in [0.1, 0.15) is 0 Å². The van der Waals surface area contributed by atoms with Crippen molar-refractivity contribution in [2.45, 2.75) is 49.0 Å². The van der Waals surface area contributed by atoms with Crippen molar-refractivity contribution in [2.75, 3.05) is 7.05 Å². The fourth-order valence-corrected chi connectivity index (χ4v) is 4.64. The van der Waals surface area contributed by atoms with Gasteiger partial charge in [-0.2, -0.15) is 0 Å². The summed E-state index contributed by atoms with van der Waals surface area (Å²) in [6.07, 6.45) is 3.08. The summed E-state index contributed by atoms with van der Waals surface area (Å²) in [5.41, 5.74) is 0.784. The van der Waals surface area contributed by atoms with Crippen molar-refractivity contribution in [2.24, 2.45) is 0 Å². The number of sulfonamides is 1. The molecule has 0 radical (unpaired) electrons. The molecule has 2 saturated heterocycles. The van der Waals surface area contributed by atoms with Gasteiger partial charge in [-0.15, -0.1) is 0 Å². The van der Waals surface area contributed by atoms with Gasteiger partial charge < -0.3 is 10.1 Å². The number of fused-ring (bicyclic) bond motifs is 2. The molecule has 1 aromatic carbocycles. The topological polar surface area (TPSA) is 67.4 Å². The van der Waals surface area contributed by atoms with E-state index in [0.717, 1.165) is 24.8 Å². The van der Waals surface area contributed by atoms with Crippen LogP contribution in [0, 0.1) is 0 Å². The summed E-state index contributed by atoms with van der Waals surface area (Å²) in [6.45, 7) is 0.532. The average molecular weight is 296 g/mol. The van der Waals surface area contributed by atoms with E-state index in [-0.39, 0.29) is 18.2 Å². The maximum atomic E-state index is 12.6. The van der Waals surface area contributed by atoms with Crippen LogP contribution in [0.15, 0.2) is 29.2 Å². The quantitative estimate of drug-likeness (QED) is 0.851. The first-order valence-corrected chi connectivity index (χ1v) is 8.49. The lowest BCUT2D eigenvalue weighted by Gasteiger charge is -2.21. The van der Waals surface area contributed by atoms with Crippen molar-refractivity contribution in [3.8, 4) is 0 Å². The predicted octanol–water partition coefficient (Wildman–Crippen LogP) is 1.00. The molecule has 2 heterocycles. The Morgan fingerprint density at radius 1 is 1.30 bits per heavy atom. The largest absolute Gasteiger partial charge is 0.373 e. The van der Waals surface area contributed by atoms with Crippen LogP contribution in [0.1, 0.15) is 24.8 Å². The van der Waals surface area contributed by atoms with Crippen molar-refractivity contribution in [3.05, 3.63) is 29.8 Å². The zero-order chi connectivity index (χ0) is 14.2. The van der Waals surface area contributed by atoms with Crippen molar-refractivity contribution >= 4 is 10.0 Å². The zero-order valence-corrected chi connectivity index (χ0v) is 12.3. The first kappa shape index (κ1) is 14.0. The lowest BCUT2D eigenvalue weighted by Crippen LogP contribution is -2.41. The van der Waals surface area contributed by atoms with Crippen LogP contribution >= 0.6 is 0 Å². The molecule has 5 nitrogen and oxygen atoms in total. The Balaban J connectivity index is 1.81. The molecule has 6 heteroatoms. The normalized spacial score (nSPS) is 28.9. The minimum Gasteiger partial charge on any atom is -0.373 e. The Bertz CT molecular complexity index is 588. The lowest BCUT2D eigenvalue weighted by molar-refractivity contribution is 0.0996. The third kappa shape index (κ3) is 2.61. The second-order valence-corrected chi connectivity index (χ2v) is 7.16. The van der Waals surface area contributed by atoms with Crippen LogP contribution in [0.2, 0.25) is 0 Å². The molecule has 2 aliphatic rings. The highest BCUT2D eigenvalue weighted by molar-refractivity contribution is 7.89. The molecule has 0 saturated carbocycles. The van der Waals surface area contributed by atoms with E-state index in [1.165, 1.54) is 0 Å². The molecule has 1 aromatic rings. The molecule has 0 spiro atoms. The molecule has 0 aliphatic carbocycles. The first-order chi connectivity index (χ1) is 9.60. The van der Waals surface area contributed by atoms with Crippen molar-refractivity contribution in [1.29, 1.82) is 0 Å². The number of hydrogen-bond donors (Lipinski definition) is 2. The summed E-state index contributed by atoms with van der Waals surface area (Å²) >= 11 is 0. The fraction of sp³-hybridized carbons (Fsp3) is 0.571. The molecule has 2 fully saturated rings. The molecule has 0 aromatic heterocycles. The number of benzene rings is 1. The Morgan fingerprint density at radius 3 is 2.75 bits per heavy atom. The van der Waals surface area contributed by atoms with Crippen LogP contribution < -0.4 is 10.0 Å². The van der Waals surface area contributed by atoms with Gasteiger partial charge in [-0.1, -0.05) is 18.2 Å². The minimum atomic E-state index is -3.49. The zero-order valence-electron chi connectivity index (χ0n) is 11.5. The van der Waals surface area contributed by atoms with Gasteiger partial charge in [0.25, 0.3) is 0 Å². The summed E-state index contributed by atoms with van der Waals surface area (Å²) < 4.78 is 33.7. The fourth-order valence-electron chi connectivity index (χ4n) is 3.13. The Morgan fingerprint density at radius 2 is 2.10 bits per heavy atom. The summed E-state index contributed by atoms with van der Waals surface area (Å²) in [7, 11) is -1.68. The highest BCUT2D eigenvalue weighted by Gasteiger charge is 2.42. The third-order valence-electron chi connectivity index (χ3n) is 4.04. The molecule has 3 rings (SSSR count). The number of hydrogen-bond acceptors (Lipinski definition) is 4. The number of nitrogens with one attached hydrogen (secondary N) is 2. The minimum absolute atomic E-state index is 0.0474. The van der Waals surface area contributed by atoms with Crippen LogP contribution in [0.5, 0.6) is 0 Å². The summed E-state index contributed by atoms with van der Waals surface area (Å²) in [6, 6.07) is 7.02. The molecule has 3 atom stereocenters. The molecule has 3 unspecified atom stereocenters. The lowest BCUT2D eigenvalue weighted by atomic mass is 9.96. The Labute approximate surface area is 119 Å². The van der Waals surface area contributed by atoms with Gasteiger partial charge in [0.2, 0.25) is 10.0 Å². The van der Waals surface area contributed by atoms with Crippen LogP contribution in [0.4, 0.5) is 0 Å². The molecular weight excluding hydrogens is 276 g/mol. The van der Waals surface area contributed by atoms with E-state index in [9.17, 15) is 8.42 Å². The van der Waals surface area contributed by atoms with E-state index in [0.29, 0.717) is 11.4 Å². The van der Waals surface area contributed by atoms with E-state index in [1.807, 2.05) is 12.1 Å². The van der Waals surface area contributed by atoms with Gasteiger partial charge in [0, 0.05) is 6.54 Å². The summed E-state index contributed by atoms with van der Waals surface area (Å²) in [4.78, 5) is 0.358. The monoisotopic (exact) mass is 296 g/mol. The molecule has 2 bridgehead atoms. The highest BCUT2D eigenvalue weighted by Crippen LogP contribution is 2.35. The van der Waals surface area contributed by atoms with E-state index in [2.05, 4.69) is 10.0 Å². The Hall–Kier alpha value is -0.950. The van der Waals surface area contributed by atoms with E-state index >= 15 is 0 Å². The van der Waals surface area contributed by atoms with E-state index < -0.39 is 10.0 Å². The van der Waals surface area contributed by atoms with E-state index in [1.54, 1.807) is 19.2 Å². The SMILES string of the molecule is CNCc1ccccc1S(=O)(=O)NC1CC2CCC1O2. The van der Waals surface area contributed by atoms with Gasteiger partial charge in [-0.3, -0.25) is 0 Å². The van der Waals surface area contributed by atoms with Crippen molar-refractivity contribution in [1.82, 2.24) is 10.0 Å². The predicted molar refractivity (Wildman–Crippen MR) is 75.8 cm³/mol. The summed E-state index contributed by atoms with van der Waals surface area (Å²) in [5, 5.41) is 3.00. The van der Waals surface area contributed by atoms with Gasteiger partial charge in [0.05, 0.1) is 23.1 Å². The standard InChI is InChI=1S/C14H20N2O3S/c1-15-9-10-4-2-3-5-14(10)20(17,18)16-12-8-11-6-7-13(12)19-11/h2-5,11-13,15-16H,6-9H2,1H3. The van der Waals surface area contributed by atoms with Crippen molar-refractivity contribution < 1.29 is 13.2 Å². The molecule has 0 amide bonds. The van der Waals surface area contributed by atoms with E-state index in [4.69, 9.17) is 4.74 Å². The maximum Gasteiger partial charge on any atom is 0.241 e. The molecule has 2 N–H and O–H groups in total. The number of ether oxygens (including phenoxy) is 1. The Kier molecular flexibility index (Phi) is 3.81. The summed E-state index contributed by atoms with van der Waals surface area (Å²) in [5.74, 6) is 0. The third-order valence-corrected chi connectivity index (χ3v) is 5.63. The molecule has 20 heavy (non-hydrogen) atoms.